The van der Waals surface area contributed by atoms with Crippen LogP contribution in [0.1, 0.15) is 31.5 Å². The van der Waals surface area contributed by atoms with Crippen LogP contribution < -0.4 is 15.4 Å². The van der Waals surface area contributed by atoms with Gasteiger partial charge >= 0.3 is 0 Å². The quantitative estimate of drug-likeness (QED) is 0.510. The van der Waals surface area contributed by atoms with Gasteiger partial charge in [0.2, 0.25) is 5.91 Å². The highest BCUT2D eigenvalue weighted by atomic mass is 32.1. The molecule has 0 spiro atoms. The van der Waals surface area contributed by atoms with Crippen molar-refractivity contribution >= 4 is 34.5 Å². The fraction of sp³-hybridized carbons (Fsp3) is 0.286. The van der Waals surface area contributed by atoms with E-state index in [-0.39, 0.29) is 11.8 Å². The monoisotopic (exact) mass is 429 g/mol. The Labute approximate surface area is 178 Å². The Balaban J connectivity index is 1.39. The Morgan fingerprint density at radius 2 is 1.83 bits per heavy atom. The number of carbonyl (C=O) groups excluding carboxylic acids is 2. The topological polar surface area (TPSA) is 80.3 Å². The molecule has 2 amide bonds. The number of thiazole rings is 1. The molecule has 3 rings (SSSR count). The van der Waals surface area contributed by atoms with E-state index >= 15 is 0 Å². The summed E-state index contributed by atoms with van der Waals surface area (Å²) >= 11 is 2.94. The third kappa shape index (κ3) is 6.69. The van der Waals surface area contributed by atoms with Crippen LogP contribution in [0.15, 0.2) is 41.1 Å². The summed E-state index contributed by atoms with van der Waals surface area (Å²) in [5.74, 6) is 0.481. The van der Waals surface area contributed by atoms with Gasteiger partial charge in [-0.25, -0.2) is 4.98 Å². The summed E-state index contributed by atoms with van der Waals surface area (Å²) in [4.78, 5) is 29.4. The van der Waals surface area contributed by atoms with Gasteiger partial charge in [0, 0.05) is 23.3 Å². The number of nitrogens with zero attached hydrogens (tertiary/aromatic N) is 1. The van der Waals surface area contributed by atoms with Crippen molar-refractivity contribution in [2.24, 2.45) is 0 Å². The lowest BCUT2D eigenvalue weighted by molar-refractivity contribution is -0.120. The number of thiophene rings is 1. The van der Waals surface area contributed by atoms with Gasteiger partial charge in [0.25, 0.3) is 5.91 Å². The highest BCUT2D eigenvalue weighted by Crippen LogP contribution is 2.19. The first-order valence-corrected chi connectivity index (χ1v) is 11.0. The van der Waals surface area contributed by atoms with Gasteiger partial charge in [-0.1, -0.05) is 12.1 Å². The highest BCUT2D eigenvalue weighted by Gasteiger charge is 2.11. The van der Waals surface area contributed by atoms with Crippen molar-refractivity contribution < 1.29 is 14.3 Å². The fourth-order valence-corrected chi connectivity index (χ4v) is 4.13. The molecule has 1 aromatic carbocycles. The van der Waals surface area contributed by atoms with Crippen LogP contribution in [0.5, 0.6) is 5.75 Å². The predicted octanol–water partition coefficient (Wildman–Crippen LogP) is 3.49. The molecule has 0 aliphatic heterocycles. The molecule has 0 atom stereocenters. The number of aryl methyl sites for hydroxylation is 2. The minimum Gasteiger partial charge on any atom is -0.486 e. The minimum atomic E-state index is -0.258. The number of rotatable bonds is 9. The van der Waals surface area contributed by atoms with Gasteiger partial charge in [-0.2, -0.15) is 0 Å². The summed E-state index contributed by atoms with van der Waals surface area (Å²) in [6, 6.07) is 9.88. The zero-order valence-corrected chi connectivity index (χ0v) is 18.0. The minimum absolute atomic E-state index is 0.0545. The van der Waals surface area contributed by atoms with Gasteiger partial charge in [-0.15, -0.1) is 22.7 Å². The summed E-state index contributed by atoms with van der Waals surface area (Å²) < 4.78 is 5.78. The zero-order chi connectivity index (χ0) is 20.6. The van der Waals surface area contributed by atoms with Gasteiger partial charge in [-0.05, 0) is 48.6 Å². The first-order chi connectivity index (χ1) is 14.0. The summed E-state index contributed by atoms with van der Waals surface area (Å²) in [6.45, 7) is 5.09. The number of nitrogens with one attached hydrogen (secondary N) is 2. The van der Waals surface area contributed by atoms with Crippen molar-refractivity contribution in [3.05, 3.63) is 67.8 Å². The van der Waals surface area contributed by atoms with Crippen molar-refractivity contribution in [3.8, 4) is 5.75 Å². The molecule has 2 aromatic heterocycles. The van der Waals surface area contributed by atoms with Crippen molar-refractivity contribution in [3.63, 3.8) is 0 Å². The summed E-state index contributed by atoms with van der Waals surface area (Å²) in [5.41, 5.74) is 2.64. The summed E-state index contributed by atoms with van der Waals surface area (Å²) in [6.07, 6.45) is 0.363. The van der Waals surface area contributed by atoms with Crippen LogP contribution in [0.3, 0.4) is 0 Å². The van der Waals surface area contributed by atoms with Crippen LogP contribution in [-0.4, -0.2) is 29.9 Å². The molecule has 29 heavy (non-hydrogen) atoms. The lowest BCUT2D eigenvalue weighted by Crippen LogP contribution is -2.35. The van der Waals surface area contributed by atoms with Gasteiger partial charge < -0.3 is 15.4 Å². The molecule has 0 fully saturated rings. The standard InChI is InChI=1S/C21H23N3O3S2/c1-14-8-15(2)10-16(9-14)27-12-20-24-18(13-29-20)21(26)23-6-5-22-19(25)11-17-4-3-7-28-17/h3-4,7-10,13H,5-6,11-12H2,1-2H3,(H,22,25)(H,23,26). The Kier molecular flexibility index (Phi) is 7.37. The van der Waals surface area contributed by atoms with E-state index in [1.165, 1.54) is 11.3 Å². The number of benzene rings is 1. The Morgan fingerprint density at radius 1 is 1.07 bits per heavy atom. The molecule has 0 saturated carbocycles. The maximum Gasteiger partial charge on any atom is 0.270 e. The lowest BCUT2D eigenvalue weighted by Gasteiger charge is -2.06. The number of amides is 2. The van der Waals surface area contributed by atoms with E-state index in [1.54, 1.807) is 16.7 Å². The van der Waals surface area contributed by atoms with Crippen LogP contribution in [0.2, 0.25) is 0 Å². The Hall–Kier alpha value is -2.71. The molecule has 2 heterocycles. The molecule has 0 bridgehead atoms. The average Bonchev–Trinajstić information content (AvgIpc) is 3.34. The molecule has 0 unspecified atom stereocenters. The summed E-state index contributed by atoms with van der Waals surface area (Å²) in [5, 5.41) is 9.95. The van der Waals surface area contributed by atoms with Crippen molar-refractivity contribution in [1.29, 1.82) is 0 Å². The van der Waals surface area contributed by atoms with Gasteiger partial charge in [0.05, 0.1) is 6.42 Å². The maximum absolute atomic E-state index is 12.2. The number of carbonyl (C=O) groups is 2. The van der Waals surface area contributed by atoms with Crippen LogP contribution in [-0.2, 0) is 17.8 Å². The Morgan fingerprint density at radius 3 is 2.55 bits per heavy atom. The zero-order valence-electron chi connectivity index (χ0n) is 16.4. The first kappa shape index (κ1) is 21.0. The van der Waals surface area contributed by atoms with E-state index in [0.717, 1.165) is 26.8 Å². The fourth-order valence-electron chi connectivity index (χ4n) is 2.75. The normalized spacial score (nSPS) is 10.6. The molecule has 0 radical (unpaired) electrons. The second-order valence-corrected chi connectivity index (χ2v) is 8.58. The SMILES string of the molecule is Cc1cc(C)cc(OCc2nc(C(=O)NCCNC(=O)Cc3cccs3)cs2)c1. The molecule has 0 aliphatic rings. The molecule has 0 saturated heterocycles. The van der Waals surface area contributed by atoms with E-state index in [0.29, 0.717) is 31.8 Å². The number of ether oxygens (including phenoxy) is 1. The second-order valence-electron chi connectivity index (χ2n) is 6.60. The molecule has 0 aliphatic carbocycles. The van der Waals surface area contributed by atoms with Gasteiger partial charge in [-0.3, -0.25) is 9.59 Å². The number of hydrogen-bond acceptors (Lipinski definition) is 6. The van der Waals surface area contributed by atoms with Crippen molar-refractivity contribution in [1.82, 2.24) is 15.6 Å². The van der Waals surface area contributed by atoms with E-state index < -0.39 is 0 Å². The molecule has 8 heteroatoms. The van der Waals surface area contributed by atoms with Crippen molar-refractivity contribution in [2.45, 2.75) is 26.9 Å². The largest absolute Gasteiger partial charge is 0.486 e. The molecular weight excluding hydrogens is 406 g/mol. The molecule has 3 aromatic rings. The smallest absolute Gasteiger partial charge is 0.270 e. The third-order valence-corrected chi connectivity index (χ3v) is 5.69. The highest BCUT2D eigenvalue weighted by molar-refractivity contribution is 7.10. The van der Waals surface area contributed by atoms with Crippen LogP contribution >= 0.6 is 22.7 Å². The summed E-state index contributed by atoms with van der Waals surface area (Å²) in [7, 11) is 0. The van der Waals surface area contributed by atoms with Crippen LogP contribution in [0.4, 0.5) is 0 Å². The second kappa shape index (κ2) is 10.2. The Bertz CT molecular complexity index is 947. The predicted molar refractivity (Wildman–Crippen MR) is 116 cm³/mol. The maximum atomic E-state index is 12.2. The van der Waals surface area contributed by atoms with E-state index in [9.17, 15) is 9.59 Å². The van der Waals surface area contributed by atoms with Gasteiger partial charge in [0.15, 0.2) is 0 Å². The average molecular weight is 430 g/mol. The van der Waals surface area contributed by atoms with Crippen LogP contribution in [0.25, 0.3) is 0 Å². The number of aromatic nitrogens is 1. The molecular formula is C21H23N3O3S2. The molecule has 152 valence electrons. The molecule has 2 N–H and O–H groups in total. The van der Waals surface area contributed by atoms with Crippen molar-refractivity contribution in [2.75, 3.05) is 13.1 Å². The molecule has 6 nitrogen and oxygen atoms in total. The lowest BCUT2D eigenvalue weighted by atomic mass is 10.1. The first-order valence-electron chi connectivity index (χ1n) is 9.22. The number of hydrogen-bond donors (Lipinski definition) is 2. The van der Waals surface area contributed by atoms with E-state index in [2.05, 4.69) is 21.7 Å². The van der Waals surface area contributed by atoms with E-state index in [4.69, 9.17) is 4.74 Å². The van der Waals surface area contributed by atoms with Crippen LogP contribution in [0, 0.1) is 13.8 Å². The van der Waals surface area contributed by atoms with E-state index in [1.807, 2.05) is 43.5 Å². The van der Waals surface area contributed by atoms with Gasteiger partial charge in [0.1, 0.15) is 23.1 Å². The third-order valence-electron chi connectivity index (χ3n) is 3.99.